The number of nitrogens with zero attached hydrogens (tertiary/aromatic N) is 2. The van der Waals surface area contributed by atoms with Crippen molar-refractivity contribution in [3.63, 3.8) is 0 Å². The lowest BCUT2D eigenvalue weighted by Gasteiger charge is -2.27. The molecule has 0 amide bonds. The van der Waals surface area contributed by atoms with Crippen LogP contribution in [0.5, 0.6) is 0 Å². The standard InChI is InChI=1S/C15H16N2O2/c1-11-2-5-14(17-10-19)8-15(11)12-3-6-13(7-4-12)16-9-18/h2,5,8,12-13H,3-4,6-7H2,1H3. The smallest absolute Gasteiger partial charge is 0.211 e. The summed E-state index contributed by atoms with van der Waals surface area (Å²) in [6, 6.07) is 5.91. The highest BCUT2D eigenvalue weighted by Crippen LogP contribution is 2.36. The summed E-state index contributed by atoms with van der Waals surface area (Å²) in [6.07, 6.45) is 7.06. The second-order valence-electron chi connectivity index (χ2n) is 4.97. The third kappa shape index (κ3) is 3.25. The fourth-order valence-electron chi connectivity index (χ4n) is 2.78. The van der Waals surface area contributed by atoms with E-state index in [-0.39, 0.29) is 6.04 Å². The van der Waals surface area contributed by atoms with Gasteiger partial charge >= 0.3 is 0 Å². The van der Waals surface area contributed by atoms with Crippen molar-refractivity contribution in [2.75, 3.05) is 0 Å². The van der Waals surface area contributed by atoms with E-state index in [0.29, 0.717) is 11.6 Å². The third-order valence-corrected chi connectivity index (χ3v) is 3.81. The highest BCUT2D eigenvalue weighted by atomic mass is 16.1. The molecule has 1 saturated carbocycles. The molecule has 0 N–H and O–H groups in total. The van der Waals surface area contributed by atoms with Crippen LogP contribution in [-0.2, 0) is 9.59 Å². The number of aliphatic imine (C=N–C) groups is 2. The maximum atomic E-state index is 10.3. The van der Waals surface area contributed by atoms with Crippen LogP contribution in [0, 0.1) is 6.92 Å². The Kier molecular flexibility index (Phi) is 4.40. The second-order valence-corrected chi connectivity index (χ2v) is 4.97. The van der Waals surface area contributed by atoms with Gasteiger partial charge in [0.2, 0.25) is 12.2 Å². The highest BCUT2D eigenvalue weighted by Gasteiger charge is 2.23. The van der Waals surface area contributed by atoms with Crippen LogP contribution >= 0.6 is 0 Å². The van der Waals surface area contributed by atoms with Crippen molar-refractivity contribution in [3.8, 4) is 0 Å². The minimum atomic E-state index is 0.130. The molecule has 2 rings (SSSR count). The van der Waals surface area contributed by atoms with Gasteiger partial charge in [-0.05, 0) is 61.8 Å². The lowest BCUT2D eigenvalue weighted by Crippen LogP contribution is -2.16. The zero-order valence-electron chi connectivity index (χ0n) is 10.9. The average molecular weight is 256 g/mol. The number of hydrogen-bond donors (Lipinski definition) is 0. The average Bonchev–Trinajstić information content (AvgIpc) is 2.43. The van der Waals surface area contributed by atoms with Crippen molar-refractivity contribution in [2.24, 2.45) is 9.98 Å². The van der Waals surface area contributed by atoms with Crippen LogP contribution in [0.3, 0.4) is 0 Å². The Labute approximate surface area is 112 Å². The Morgan fingerprint density at radius 3 is 2.47 bits per heavy atom. The molecule has 0 bridgehead atoms. The predicted octanol–water partition coefficient (Wildman–Crippen LogP) is 3.32. The van der Waals surface area contributed by atoms with Gasteiger partial charge in [0, 0.05) is 0 Å². The maximum Gasteiger partial charge on any atom is 0.240 e. The van der Waals surface area contributed by atoms with E-state index in [1.807, 2.05) is 18.2 Å². The Balaban J connectivity index is 2.16. The van der Waals surface area contributed by atoms with Gasteiger partial charge in [0.25, 0.3) is 0 Å². The number of hydrogen-bond acceptors (Lipinski definition) is 4. The van der Waals surface area contributed by atoms with Gasteiger partial charge in [-0.2, -0.15) is 4.99 Å². The number of aryl methyl sites for hydroxylation is 1. The number of isocyanates is 2. The van der Waals surface area contributed by atoms with E-state index in [1.165, 1.54) is 11.1 Å². The zero-order chi connectivity index (χ0) is 13.7. The predicted molar refractivity (Wildman–Crippen MR) is 72.1 cm³/mol. The van der Waals surface area contributed by atoms with Gasteiger partial charge < -0.3 is 0 Å². The lowest BCUT2D eigenvalue weighted by atomic mass is 9.80. The summed E-state index contributed by atoms with van der Waals surface area (Å²) in [5.41, 5.74) is 3.11. The summed E-state index contributed by atoms with van der Waals surface area (Å²) in [7, 11) is 0. The normalized spacial score (nSPS) is 22.2. The van der Waals surface area contributed by atoms with Gasteiger partial charge in [0.05, 0.1) is 11.7 Å². The van der Waals surface area contributed by atoms with Crippen LogP contribution in [0.2, 0.25) is 0 Å². The Morgan fingerprint density at radius 2 is 1.84 bits per heavy atom. The Morgan fingerprint density at radius 1 is 1.11 bits per heavy atom. The molecule has 4 heteroatoms. The molecular formula is C15H16N2O2. The number of benzene rings is 1. The van der Waals surface area contributed by atoms with E-state index in [1.54, 1.807) is 12.2 Å². The molecule has 19 heavy (non-hydrogen) atoms. The molecule has 0 radical (unpaired) electrons. The van der Waals surface area contributed by atoms with E-state index in [0.717, 1.165) is 25.7 Å². The van der Waals surface area contributed by atoms with Crippen molar-refractivity contribution < 1.29 is 9.59 Å². The van der Waals surface area contributed by atoms with Crippen molar-refractivity contribution in [1.82, 2.24) is 0 Å². The van der Waals surface area contributed by atoms with E-state index < -0.39 is 0 Å². The molecule has 1 aliphatic rings. The Hall–Kier alpha value is -2.02. The molecular weight excluding hydrogens is 240 g/mol. The monoisotopic (exact) mass is 256 g/mol. The molecule has 1 fully saturated rings. The van der Waals surface area contributed by atoms with Gasteiger partial charge in [-0.15, -0.1) is 0 Å². The molecule has 0 unspecified atom stereocenters. The SMILES string of the molecule is Cc1ccc(N=C=O)cc1C1CCC(N=C=O)CC1. The van der Waals surface area contributed by atoms with Crippen LogP contribution in [0.1, 0.15) is 42.7 Å². The van der Waals surface area contributed by atoms with Crippen molar-refractivity contribution in [3.05, 3.63) is 29.3 Å². The van der Waals surface area contributed by atoms with Crippen molar-refractivity contribution in [2.45, 2.75) is 44.6 Å². The molecule has 98 valence electrons. The third-order valence-electron chi connectivity index (χ3n) is 3.81. The molecule has 0 atom stereocenters. The fraction of sp³-hybridized carbons (Fsp3) is 0.467. The van der Waals surface area contributed by atoms with Gasteiger partial charge in [-0.1, -0.05) is 6.07 Å². The van der Waals surface area contributed by atoms with E-state index >= 15 is 0 Å². The number of carbonyl (C=O) groups excluding carboxylic acids is 2. The second kappa shape index (κ2) is 6.24. The maximum absolute atomic E-state index is 10.3. The molecule has 1 aliphatic carbocycles. The molecule has 4 nitrogen and oxygen atoms in total. The summed E-state index contributed by atoms with van der Waals surface area (Å²) in [4.78, 5) is 28.1. The summed E-state index contributed by atoms with van der Waals surface area (Å²) in [5, 5.41) is 0. The van der Waals surface area contributed by atoms with E-state index in [9.17, 15) is 9.59 Å². The molecule has 1 aromatic rings. The molecule has 0 aliphatic heterocycles. The first-order valence-electron chi connectivity index (χ1n) is 6.50. The zero-order valence-corrected chi connectivity index (χ0v) is 10.9. The number of rotatable bonds is 3. The summed E-state index contributed by atoms with van der Waals surface area (Å²) < 4.78 is 0. The lowest BCUT2D eigenvalue weighted by molar-refractivity contribution is 0.394. The minimum absolute atomic E-state index is 0.130. The summed E-state index contributed by atoms with van der Waals surface area (Å²) >= 11 is 0. The molecule has 0 saturated heterocycles. The highest BCUT2D eigenvalue weighted by molar-refractivity contribution is 5.52. The quantitative estimate of drug-likeness (QED) is 0.615. The van der Waals surface area contributed by atoms with Crippen LogP contribution in [0.4, 0.5) is 5.69 Å². The van der Waals surface area contributed by atoms with Crippen LogP contribution in [0.15, 0.2) is 28.2 Å². The van der Waals surface area contributed by atoms with E-state index in [4.69, 9.17) is 0 Å². The van der Waals surface area contributed by atoms with Crippen molar-refractivity contribution in [1.29, 1.82) is 0 Å². The minimum Gasteiger partial charge on any atom is -0.211 e. The fourth-order valence-corrected chi connectivity index (χ4v) is 2.78. The first-order valence-corrected chi connectivity index (χ1v) is 6.50. The summed E-state index contributed by atoms with van der Waals surface area (Å²) in [6.45, 7) is 2.07. The molecule has 0 aromatic heterocycles. The molecule has 0 heterocycles. The van der Waals surface area contributed by atoms with Gasteiger partial charge in [-0.3, -0.25) is 0 Å². The van der Waals surface area contributed by atoms with Crippen LogP contribution in [0.25, 0.3) is 0 Å². The topological polar surface area (TPSA) is 58.9 Å². The van der Waals surface area contributed by atoms with Crippen molar-refractivity contribution >= 4 is 17.8 Å². The van der Waals surface area contributed by atoms with Gasteiger partial charge in [0.15, 0.2) is 0 Å². The molecule has 1 aromatic carbocycles. The van der Waals surface area contributed by atoms with Crippen LogP contribution in [-0.4, -0.2) is 18.2 Å². The van der Waals surface area contributed by atoms with Gasteiger partial charge in [0.1, 0.15) is 0 Å². The first-order chi connectivity index (χ1) is 9.24. The van der Waals surface area contributed by atoms with Crippen LogP contribution < -0.4 is 0 Å². The van der Waals surface area contributed by atoms with E-state index in [2.05, 4.69) is 16.9 Å². The first kappa shape index (κ1) is 13.4. The summed E-state index contributed by atoms with van der Waals surface area (Å²) in [5.74, 6) is 0.458. The van der Waals surface area contributed by atoms with Gasteiger partial charge in [-0.25, -0.2) is 14.6 Å². The largest absolute Gasteiger partial charge is 0.240 e. The Bertz CT molecular complexity index is 547. The molecule has 0 spiro atoms.